The summed E-state index contributed by atoms with van der Waals surface area (Å²) in [6, 6.07) is 22.0. The molecule has 0 bridgehead atoms. The van der Waals surface area contributed by atoms with Crippen LogP contribution in [-0.2, 0) is 6.54 Å². The highest BCUT2D eigenvalue weighted by Crippen LogP contribution is 2.19. The maximum absolute atomic E-state index is 13.8. The van der Waals surface area contributed by atoms with E-state index in [-0.39, 0.29) is 11.5 Å². The predicted molar refractivity (Wildman–Crippen MR) is 103 cm³/mol. The first-order valence-electron chi connectivity index (χ1n) is 8.50. The number of nitrogens with one attached hydrogen (secondary N) is 1. The first-order chi connectivity index (χ1) is 13.1. The minimum Gasteiger partial charge on any atom is -0.337 e. The van der Waals surface area contributed by atoms with Gasteiger partial charge in [-0.1, -0.05) is 54.6 Å². The van der Waals surface area contributed by atoms with Crippen LogP contribution in [0.5, 0.6) is 0 Å². The van der Waals surface area contributed by atoms with Crippen LogP contribution >= 0.6 is 0 Å². The van der Waals surface area contributed by atoms with Crippen LogP contribution in [0.2, 0.25) is 0 Å². The Balaban J connectivity index is 1.80. The largest absolute Gasteiger partial charge is 0.337 e. The van der Waals surface area contributed by atoms with Gasteiger partial charge in [0.15, 0.2) is 0 Å². The summed E-state index contributed by atoms with van der Waals surface area (Å²) in [4.78, 5) is 26.8. The van der Waals surface area contributed by atoms with Crippen LogP contribution in [0.1, 0.15) is 26.3 Å². The monoisotopic (exact) mass is 362 g/mol. The minimum absolute atomic E-state index is 0.0719. The van der Waals surface area contributed by atoms with E-state index in [2.05, 4.69) is 5.32 Å². The Morgan fingerprint density at radius 1 is 0.852 bits per heavy atom. The lowest BCUT2D eigenvalue weighted by Gasteiger charge is -2.19. The first-order valence-corrected chi connectivity index (χ1v) is 8.50. The van der Waals surface area contributed by atoms with Crippen molar-refractivity contribution in [1.29, 1.82) is 0 Å². The minimum atomic E-state index is -0.611. The number of hydrogen-bond donors (Lipinski definition) is 1. The fourth-order valence-electron chi connectivity index (χ4n) is 2.75. The molecule has 0 unspecified atom stereocenters. The topological polar surface area (TPSA) is 49.4 Å². The fraction of sp³-hybridized carbons (Fsp3) is 0.0909. The molecular formula is C22H19FN2O2. The second-order valence-electron chi connectivity index (χ2n) is 6.13. The Kier molecular flexibility index (Phi) is 5.61. The van der Waals surface area contributed by atoms with E-state index in [1.165, 1.54) is 18.2 Å². The van der Waals surface area contributed by atoms with Gasteiger partial charge in [-0.15, -0.1) is 0 Å². The van der Waals surface area contributed by atoms with E-state index >= 15 is 0 Å². The average Bonchev–Trinajstić information content (AvgIpc) is 2.69. The van der Waals surface area contributed by atoms with E-state index in [9.17, 15) is 14.0 Å². The molecule has 3 aromatic rings. The van der Waals surface area contributed by atoms with Gasteiger partial charge in [0.2, 0.25) is 0 Å². The molecule has 2 amide bonds. The van der Waals surface area contributed by atoms with Crippen LogP contribution in [0.4, 0.5) is 10.1 Å². The highest BCUT2D eigenvalue weighted by molar-refractivity contribution is 6.09. The Bertz CT molecular complexity index is 957. The molecule has 0 aliphatic heterocycles. The Morgan fingerprint density at radius 3 is 2.15 bits per heavy atom. The van der Waals surface area contributed by atoms with E-state index < -0.39 is 11.7 Å². The smallest absolute Gasteiger partial charge is 0.258 e. The van der Waals surface area contributed by atoms with Crippen molar-refractivity contribution in [3.63, 3.8) is 0 Å². The van der Waals surface area contributed by atoms with Gasteiger partial charge in [0.05, 0.1) is 16.8 Å². The van der Waals surface area contributed by atoms with E-state index in [1.807, 2.05) is 30.3 Å². The summed E-state index contributed by atoms with van der Waals surface area (Å²) in [6.07, 6.45) is 0. The lowest BCUT2D eigenvalue weighted by Crippen LogP contribution is -2.27. The van der Waals surface area contributed by atoms with Crippen molar-refractivity contribution in [3.05, 3.63) is 101 Å². The fourth-order valence-corrected chi connectivity index (χ4v) is 2.75. The predicted octanol–water partition coefficient (Wildman–Crippen LogP) is 4.35. The van der Waals surface area contributed by atoms with E-state index in [0.29, 0.717) is 17.8 Å². The van der Waals surface area contributed by atoms with Gasteiger partial charge in [-0.25, -0.2) is 4.39 Å². The second kappa shape index (κ2) is 8.27. The lowest BCUT2D eigenvalue weighted by molar-refractivity contribution is 0.0786. The molecular weight excluding hydrogens is 343 g/mol. The maximum atomic E-state index is 13.8. The summed E-state index contributed by atoms with van der Waals surface area (Å²) in [6.45, 7) is 0.440. The number of carbonyl (C=O) groups excluding carboxylic acids is 2. The molecule has 0 spiro atoms. The molecule has 4 nitrogen and oxygen atoms in total. The number of amides is 2. The van der Waals surface area contributed by atoms with Crippen molar-refractivity contribution >= 4 is 17.5 Å². The molecule has 5 heteroatoms. The molecule has 0 heterocycles. The first kappa shape index (κ1) is 18.3. The summed E-state index contributed by atoms with van der Waals surface area (Å²) in [5.74, 6) is -1.44. The molecule has 3 aromatic carbocycles. The zero-order valence-electron chi connectivity index (χ0n) is 14.9. The quantitative estimate of drug-likeness (QED) is 0.734. The van der Waals surface area contributed by atoms with Gasteiger partial charge in [0.25, 0.3) is 11.8 Å². The Hall–Kier alpha value is -3.47. The third-order valence-corrected chi connectivity index (χ3v) is 4.13. The normalized spacial score (nSPS) is 10.3. The summed E-state index contributed by atoms with van der Waals surface area (Å²) >= 11 is 0. The van der Waals surface area contributed by atoms with Gasteiger partial charge >= 0.3 is 0 Å². The Labute approximate surface area is 157 Å². The van der Waals surface area contributed by atoms with Crippen molar-refractivity contribution < 1.29 is 14.0 Å². The average molecular weight is 362 g/mol. The number of benzene rings is 3. The molecule has 0 aromatic heterocycles. The molecule has 1 N–H and O–H groups in total. The maximum Gasteiger partial charge on any atom is 0.258 e. The van der Waals surface area contributed by atoms with Crippen molar-refractivity contribution in [2.45, 2.75) is 6.54 Å². The standard InChI is InChI=1S/C22H19FN2O2/c1-25(15-16-9-3-2-4-10-16)22(27)18-12-6-8-14-20(18)24-21(26)17-11-5-7-13-19(17)23/h2-14H,15H2,1H3,(H,24,26). The number of carbonyl (C=O) groups is 2. The highest BCUT2D eigenvalue weighted by Gasteiger charge is 2.18. The number of para-hydroxylation sites is 1. The van der Waals surface area contributed by atoms with Crippen molar-refractivity contribution in [2.75, 3.05) is 12.4 Å². The van der Waals surface area contributed by atoms with Crippen molar-refractivity contribution in [1.82, 2.24) is 4.90 Å². The van der Waals surface area contributed by atoms with Crippen molar-refractivity contribution in [3.8, 4) is 0 Å². The molecule has 27 heavy (non-hydrogen) atoms. The van der Waals surface area contributed by atoms with Gasteiger partial charge in [-0.2, -0.15) is 0 Å². The molecule has 0 saturated heterocycles. The van der Waals surface area contributed by atoms with E-state index in [4.69, 9.17) is 0 Å². The zero-order chi connectivity index (χ0) is 19.2. The summed E-state index contributed by atoms with van der Waals surface area (Å²) < 4.78 is 13.8. The van der Waals surface area contributed by atoms with Crippen LogP contribution in [0, 0.1) is 5.82 Å². The molecule has 3 rings (SSSR count). The SMILES string of the molecule is CN(Cc1ccccc1)C(=O)c1ccccc1NC(=O)c1ccccc1F. The lowest BCUT2D eigenvalue weighted by atomic mass is 10.1. The van der Waals surface area contributed by atoms with Crippen LogP contribution in [0.25, 0.3) is 0 Å². The number of rotatable bonds is 5. The second-order valence-corrected chi connectivity index (χ2v) is 6.13. The molecule has 0 fully saturated rings. The summed E-state index contributed by atoms with van der Waals surface area (Å²) in [5.41, 5.74) is 1.62. The summed E-state index contributed by atoms with van der Waals surface area (Å²) in [7, 11) is 1.70. The van der Waals surface area contributed by atoms with Gasteiger partial charge in [-0.05, 0) is 29.8 Å². The molecule has 0 aliphatic rings. The number of halogens is 1. The molecule has 0 atom stereocenters. The molecule has 0 saturated carbocycles. The van der Waals surface area contributed by atoms with Gasteiger partial charge in [0, 0.05) is 13.6 Å². The third kappa shape index (κ3) is 4.39. The van der Waals surface area contributed by atoms with Crippen LogP contribution < -0.4 is 5.32 Å². The van der Waals surface area contributed by atoms with Gasteiger partial charge in [-0.3, -0.25) is 9.59 Å². The van der Waals surface area contributed by atoms with Crippen molar-refractivity contribution in [2.24, 2.45) is 0 Å². The molecule has 0 aliphatic carbocycles. The molecule has 0 radical (unpaired) electrons. The van der Waals surface area contributed by atoms with Crippen LogP contribution in [0.3, 0.4) is 0 Å². The van der Waals surface area contributed by atoms with E-state index in [0.717, 1.165) is 5.56 Å². The number of nitrogens with zero attached hydrogens (tertiary/aromatic N) is 1. The van der Waals surface area contributed by atoms with Gasteiger partial charge < -0.3 is 10.2 Å². The zero-order valence-corrected chi connectivity index (χ0v) is 14.9. The number of anilines is 1. The van der Waals surface area contributed by atoms with Crippen LogP contribution in [-0.4, -0.2) is 23.8 Å². The Morgan fingerprint density at radius 2 is 1.44 bits per heavy atom. The van der Waals surface area contributed by atoms with E-state index in [1.54, 1.807) is 42.3 Å². The molecule has 136 valence electrons. The summed E-state index contributed by atoms with van der Waals surface area (Å²) in [5, 5.41) is 2.64. The number of hydrogen-bond acceptors (Lipinski definition) is 2. The highest BCUT2D eigenvalue weighted by atomic mass is 19.1. The van der Waals surface area contributed by atoms with Crippen LogP contribution in [0.15, 0.2) is 78.9 Å². The van der Waals surface area contributed by atoms with Gasteiger partial charge in [0.1, 0.15) is 5.82 Å². The third-order valence-electron chi connectivity index (χ3n) is 4.13.